The maximum absolute atomic E-state index is 12.2. The third-order valence-corrected chi connectivity index (χ3v) is 4.86. The molecule has 0 aliphatic heterocycles. The van der Waals surface area contributed by atoms with E-state index in [-0.39, 0.29) is 17.7 Å². The number of hydrogen-bond donors (Lipinski definition) is 1. The highest BCUT2D eigenvalue weighted by Crippen LogP contribution is 2.32. The van der Waals surface area contributed by atoms with Crippen molar-refractivity contribution in [2.24, 2.45) is 0 Å². The van der Waals surface area contributed by atoms with E-state index in [1.807, 2.05) is 37.3 Å². The lowest BCUT2D eigenvalue weighted by molar-refractivity contribution is -0.119. The molecule has 146 valence electrons. The van der Waals surface area contributed by atoms with Gasteiger partial charge in [0.25, 0.3) is 5.22 Å². The Balaban J connectivity index is 1.58. The summed E-state index contributed by atoms with van der Waals surface area (Å²) in [6.07, 6.45) is 0. The summed E-state index contributed by atoms with van der Waals surface area (Å²) in [7, 11) is 3.13. The zero-order valence-corrected chi connectivity index (χ0v) is 16.7. The standard InChI is InChI=1S/C20H21N3O4S/c1-13(14-7-5-4-6-8-14)21-18(24)12-28-20-23-22-19(27-20)15-9-10-16(25-2)17(11-15)26-3/h4-11,13H,12H2,1-3H3,(H,21,24)/t13-/m1/s1. The van der Waals surface area contributed by atoms with Gasteiger partial charge in [0.05, 0.1) is 26.0 Å². The molecule has 3 aromatic rings. The van der Waals surface area contributed by atoms with Crippen molar-refractivity contribution in [3.05, 3.63) is 54.1 Å². The number of benzene rings is 2. The van der Waals surface area contributed by atoms with Crippen molar-refractivity contribution in [1.29, 1.82) is 0 Å². The summed E-state index contributed by atoms with van der Waals surface area (Å²) in [5.41, 5.74) is 1.76. The van der Waals surface area contributed by atoms with E-state index in [0.717, 1.165) is 5.56 Å². The first-order valence-electron chi connectivity index (χ1n) is 8.63. The maximum atomic E-state index is 12.2. The average Bonchev–Trinajstić information content (AvgIpc) is 3.21. The minimum absolute atomic E-state index is 0.0701. The van der Waals surface area contributed by atoms with E-state index >= 15 is 0 Å². The Hall–Kier alpha value is -3.00. The maximum Gasteiger partial charge on any atom is 0.277 e. The third-order valence-electron chi connectivity index (χ3n) is 4.04. The first kappa shape index (κ1) is 19.8. The Kier molecular flexibility index (Phi) is 6.54. The fraction of sp³-hybridized carbons (Fsp3) is 0.250. The molecule has 2 aromatic carbocycles. The number of thioether (sulfide) groups is 1. The highest BCUT2D eigenvalue weighted by molar-refractivity contribution is 7.99. The summed E-state index contributed by atoms with van der Waals surface area (Å²) in [6, 6.07) is 15.0. The highest BCUT2D eigenvalue weighted by Gasteiger charge is 2.15. The van der Waals surface area contributed by atoms with E-state index in [1.165, 1.54) is 11.8 Å². The molecule has 28 heavy (non-hydrogen) atoms. The summed E-state index contributed by atoms with van der Waals surface area (Å²) in [5.74, 6) is 1.62. The summed E-state index contributed by atoms with van der Waals surface area (Å²) in [6.45, 7) is 1.94. The van der Waals surface area contributed by atoms with Gasteiger partial charge >= 0.3 is 0 Å². The summed E-state index contributed by atoms with van der Waals surface area (Å²) in [5, 5.41) is 11.3. The van der Waals surface area contributed by atoms with Crippen LogP contribution in [0, 0.1) is 0 Å². The first-order valence-corrected chi connectivity index (χ1v) is 9.62. The van der Waals surface area contributed by atoms with E-state index in [2.05, 4.69) is 15.5 Å². The van der Waals surface area contributed by atoms with Gasteiger partial charge < -0.3 is 19.2 Å². The Bertz CT molecular complexity index is 930. The lowest BCUT2D eigenvalue weighted by Crippen LogP contribution is -2.28. The molecule has 0 radical (unpaired) electrons. The van der Waals surface area contributed by atoms with Gasteiger partial charge in [-0.1, -0.05) is 42.1 Å². The smallest absolute Gasteiger partial charge is 0.277 e. The Morgan fingerprint density at radius 2 is 1.86 bits per heavy atom. The number of aromatic nitrogens is 2. The Labute approximate surface area is 167 Å². The highest BCUT2D eigenvalue weighted by atomic mass is 32.2. The number of carbonyl (C=O) groups is 1. The van der Waals surface area contributed by atoms with Crippen LogP contribution in [0.4, 0.5) is 0 Å². The van der Waals surface area contributed by atoms with Crippen LogP contribution in [0.25, 0.3) is 11.5 Å². The van der Waals surface area contributed by atoms with E-state index in [9.17, 15) is 4.79 Å². The molecule has 0 unspecified atom stereocenters. The molecule has 3 rings (SSSR count). The van der Waals surface area contributed by atoms with Crippen molar-refractivity contribution in [1.82, 2.24) is 15.5 Å². The van der Waals surface area contributed by atoms with Crippen LogP contribution in [0.5, 0.6) is 11.5 Å². The molecule has 0 saturated heterocycles. The second-order valence-corrected chi connectivity index (χ2v) is 6.86. The number of carbonyl (C=O) groups excluding carboxylic acids is 1. The molecule has 0 fully saturated rings. The molecular formula is C20H21N3O4S. The topological polar surface area (TPSA) is 86.5 Å². The lowest BCUT2D eigenvalue weighted by atomic mass is 10.1. The molecule has 1 N–H and O–H groups in total. The number of ether oxygens (including phenoxy) is 2. The number of nitrogens with one attached hydrogen (secondary N) is 1. The normalized spacial score (nSPS) is 11.7. The number of nitrogens with zero attached hydrogens (tertiary/aromatic N) is 2. The summed E-state index contributed by atoms with van der Waals surface area (Å²) < 4.78 is 16.2. The summed E-state index contributed by atoms with van der Waals surface area (Å²) >= 11 is 1.19. The van der Waals surface area contributed by atoms with Crippen LogP contribution in [-0.2, 0) is 4.79 Å². The van der Waals surface area contributed by atoms with Crippen LogP contribution < -0.4 is 14.8 Å². The number of hydrogen-bond acceptors (Lipinski definition) is 7. The van der Waals surface area contributed by atoms with Crippen molar-refractivity contribution in [2.75, 3.05) is 20.0 Å². The Morgan fingerprint density at radius 3 is 2.57 bits per heavy atom. The van der Waals surface area contributed by atoms with E-state index in [1.54, 1.807) is 32.4 Å². The van der Waals surface area contributed by atoms with E-state index in [4.69, 9.17) is 13.9 Å². The quantitative estimate of drug-likeness (QED) is 0.578. The van der Waals surface area contributed by atoms with Gasteiger partial charge in [-0.15, -0.1) is 10.2 Å². The molecule has 8 heteroatoms. The SMILES string of the molecule is COc1ccc(-c2nnc(SCC(=O)N[C@H](C)c3ccccc3)o2)cc1OC. The van der Waals surface area contributed by atoms with Crippen molar-refractivity contribution in [3.8, 4) is 23.0 Å². The molecule has 0 aliphatic rings. The second kappa shape index (κ2) is 9.27. The van der Waals surface area contributed by atoms with Gasteiger partial charge in [0, 0.05) is 5.56 Å². The third kappa shape index (κ3) is 4.83. The second-order valence-electron chi connectivity index (χ2n) is 5.93. The molecule has 1 aromatic heterocycles. The molecule has 0 saturated carbocycles. The zero-order chi connectivity index (χ0) is 19.9. The number of rotatable bonds is 8. The number of methoxy groups -OCH3 is 2. The Morgan fingerprint density at radius 1 is 1.11 bits per heavy atom. The molecule has 7 nitrogen and oxygen atoms in total. The fourth-order valence-corrected chi connectivity index (χ4v) is 3.16. The molecule has 1 amide bonds. The number of amides is 1. The van der Waals surface area contributed by atoms with Crippen LogP contribution in [-0.4, -0.2) is 36.1 Å². The van der Waals surface area contributed by atoms with Crippen molar-refractivity contribution in [3.63, 3.8) is 0 Å². The van der Waals surface area contributed by atoms with Crippen molar-refractivity contribution < 1.29 is 18.7 Å². The van der Waals surface area contributed by atoms with Gasteiger partial charge in [-0.05, 0) is 30.7 Å². The van der Waals surface area contributed by atoms with Gasteiger partial charge in [-0.3, -0.25) is 4.79 Å². The van der Waals surface area contributed by atoms with Gasteiger partial charge in [0.2, 0.25) is 11.8 Å². The average molecular weight is 399 g/mol. The molecule has 1 atom stereocenters. The first-order chi connectivity index (χ1) is 13.6. The van der Waals surface area contributed by atoms with Crippen LogP contribution in [0.15, 0.2) is 58.2 Å². The molecule has 0 aliphatic carbocycles. The van der Waals surface area contributed by atoms with Crippen molar-refractivity contribution >= 4 is 17.7 Å². The lowest BCUT2D eigenvalue weighted by Gasteiger charge is -2.13. The van der Waals surface area contributed by atoms with Gasteiger partial charge in [-0.25, -0.2) is 0 Å². The molecule has 0 spiro atoms. The van der Waals surface area contributed by atoms with Gasteiger partial charge in [-0.2, -0.15) is 0 Å². The van der Waals surface area contributed by atoms with Gasteiger partial charge in [0.15, 0.2) is 11.5 Å². The largest absolute Gasteiger partial charge is 0.493 e. The van der Waals surface area contributed by atoms with E-state index < -0.39 is 0 Å². The van der Waals surface area contributed by atoms with Gasteiger partial charge in [0.1, 0.15) is 0 Å². The molecule has 1 heterocycles. The van der Waals surface area contributed by atoms with Crippen LogP contribution in [0.3, 0.4) is 0 Å². The van der Waals surface area contributed by atoms with E-state index in [0.29, 0.717) is 28.2 Å². The molecule has 0 bridgehead atoms. The minimum Gasteiger partial charge on any atom is -0.493 e. The fourth-order valence-electron chi connectivity index (χ4n) is 2.59. The monoisotopic (exact) mass is 399 g/mol. The van der Waals surface area contributed by atoms with Crippen molar-refractivity contribution in [2.45, 2.75) is 18.2 Å². The summed E-state index contributed by atoms with van der Waals surface area (Å²) in [4.78, 5) is 12.2. The van der Waals surface area contributed by atoms with Crippen LogP contribution >= 0.6 is 11.8 Å². The van der Waals surface area contributed by atoms with Crippen LogP contribution in [0.2, 0.25) is 0 Å². The predicted octanol–water partition coefficient (Wildman–Crippen LogP) is 3.72. The minimum atomic E-state index is -0.104. The van der Waals surface area contributed by atoms with Crippen LogP contribution in [0.1, 0.15) is 18.5 Å². The predicted molar refractivity (Wildman–Crippen MR) is 107 cm³/mol. The zero-order valence-electron chi connectivity index (χ0n) is 15.8. The molecular weight excluding hydrogens is 378 g/mol.